The smallest absolute Gasteiger partial charge is 0.320 e. The van der Waals surface area contributed by atoms with Crippen LogP contribution in [0.5, 0.6) is 0 Å². The average molecular weight is 293 g/mol. The van der Waals surface area contributed by atoms with Gasteiger partial charge in [-0.3, -0.25) is 4.79 Å². The van der Waals surface area contributed by atoms with Crippen molar-refractivity contribution in [1.82, 2.24) is 15.1 Å². The second kappa shape index (κ2) is 4.35. The number of hydrogen-bond donors (Lipinski definition) is 2. The molecule has 2 heterocycles. The predicted octanol–water partition coefficient (Wildman–Crippen LogP) is 0.873. The fourth-order valence-electron chi connectivity index (χ4n) is 4.91. The van der Waals surface area contributed by atoms with E-state index in [9.17, 15) is 14.7 Å². The molecule has 2 aliphatic heterocycles. The third kappa shape index (κ3) is 1.74. The summed E-state index contributed by atoms with van der Waals surface area (Å²) in [5, 5.41) is 12.8. The molecule has 116 valence electrons. The second-order valence-corrected chi connectivity index (χ2v) is 7.25. The Bertz CT molecular complexity index is 468. The van der Waals surface area contributed by atoms with Gasteiger partial charge in [0.05, 0.1) is 11.5 Å². The second-order valence-electron chi connectivity index (χ2n) is 7.25. The highest BCUT2D eigenvalue weighted by atomic mass is 16.4. The van der Waals surface area contributed by atoms with Gasteiger partial charge in [-0.1, -0.05) is 0 Å². The molecule has 6 nitrogen and oxygen atoms in total. The van der Waals surface area contributed by atoms with Crippen LogP contribution in [0.3, 0.4) is 0 Å². The molecule has 0 radical (unpaired) electrons. The number of carbonyl (C=O) groups is 2. The number of amides is 2. The van der Waals surface area contributed by atoms with E-state index in [1.165, 1.54) is 0 Å². The van der Waals surface area contributed by atoms with E-state index in [1.54, 1.807) is 0 Å². The first-order valence-electron chi connectivity index (χ1n) is 8.09. The van der Waals surface area contributed by atoms with E-state index in [-0.39, 0.29) is 11.6 Å². The molecule has 2 bridgehead atoms. The van der Waals surface area contributed by atoms with Gasteiger partial charge in [0, 0.05) is 31.7 Å². The maximum Gasteiger partial charge on any atom is 0.320 e. The van der Waals surface area contributed by atoms with E-state index in [2.05, 4.69) is 10.2 Å². The molecule has 0 aromatic carbocycles. The van der Waals surface area contributed by atoms with Crippen LogP contribution in [-0.4, -0.2) is 64.7 Å². The van der Waals surface area contributed by atoms with E-state index < -0.39 is 11.4 Å². The van der Waals surface area contributed by atoms with Crippen molar-refractivity contribution in [3.05, 3.63) is 0 Å². The minimum absolute atomic E-state index is 0.0639. The van der Waals surface area contributed by atoms with E-state index >= 15 is 0 Å². The summed E-state index contributed by atoms with van der Waals surface area (Å²) in [5.74, 6) is -0.634. The Balaban J connectivity index is 1.55. The Morgan fingerprint density at radius 1 is 1.19 bits per heavy atom. The summed E-state index contributed by atoms with van der Waals surface area (Å²) >= 11 is 0. The summed E-state index contributed by atoms with van der Waals surface area (Å²) in [6, 6.07) is 0.486. The minimum Gasteiger partial charge on any atom is -0.481 e. The maximum absolute atomic E-state index is 12.7. The predicted molar refractivity (Wildman–Crippen MR) is 76.0 cm³/mol. The highest BCUT2D eigenvalue weighted by molar-refractivity contribution is 5.79. The maximum atomic E-state index is 12.7. The monoisotopic (exact) mass is 293 g/mol. The van der Waals surface area contributed by atoms with Crippen LogP contribution >= 0.6 is 0 Å². The molecule has 3 aliphatic carbocycles. The average Bonchev–Trinajstić information content (AvgIpc) is 2.87. The highest BCUT2D eigenvalue weighted by Crippen LogP contribution is 2.55. The van der Waals surface area contributed by atoms with Gasteiger partial charge in [0.2, 0.25) is 0 Å². The van der Waals surface area contributed by atoms with Crippen LogP contribution < -0.4 is 5.32 Å². The molecule has 0 unspecified atom stereocenters. The van der Waals surface area contributed by atoms with Gasteiger partial charge in [0.25, 0.3) is 0 Å². The van der Waals surface area contributed by atoms with Gasteiger partial charge in [-0.2, -0.15) is 0 Å². The number of hydrogen-bond acceptors (Lipinski definition) is 3. The van der Waals surface area contributed by atoms with Gasteiger partial charge in [0.1, 0.15) is 0 Å². The van der Waals surface area contributed by atoms with Gasteiger partial charge in [-0.25, -0.2) is 4.79 Å². The number of nitrogens with one attached hydrogen (secondary N) is 1. The Kier molecular flexibility index (Phi) is 2.77. The number of carboxylic acid groups (broad SMARTS) is 1. The summed E-state index contributed by atoms with van der Waals surface area (Å²) in [5.41, 5.74) is -0.565. The van der Waals surface area contributed by atoms with Crippen molar-refractivity contribution in [2.75, 3.05) is 26.2 Å². The van der Waals surface area contributed by atoms with Crippen molar-refractivity contribution in [3.63, 3.8) is 0 Å². The largest absolute Gasteiger partial charge is 0.481 e. The first kappa shape index (κ1) is 13.4. The Labute approximate surface area is 124 Å². The fourth-order valence-corrected chi connectivity index (χ4v) is 4.91. The van der Waals surface area contributed by atoms with E-state index in [0.29, 0.717) is 6.04 Å². The van der Waals surface area contributed by atoms with Crippen molar-refractivity contribution in [2.24, 2.45) is 5.41 Å². The van der Waals surface area contributed by atoms with Gasteiger partial charge in [-0.15, -0.1) is 0 Å². The quantitative estimate of drug-likeness (QED) is 0.792. The summed E-state index contributed by atoms with van der Waals surface area (Å²) in [7, 11) is 0. The van der Waals surface area contributed by atoms with Crippen LogP contribution in [0.2, 0.25) is 0 Å². The van der Waals surface area contributed by atoms with E-state index in [1.807, 2.05) is 4.90 Å². The number of fused-ring (bicyclic) bond motifs is 4. The van der Waals surface area contributed by atoms with Crippen molar-refractivity contribution in [3.8, 4) is 0 Å². The molecule has 0 aromatic heterocycles. The van der Waals surface area contributed by atoms with Gasteiger partial charge in [-0.05, 0) is 38.5 Å². The zero-order chi connectivity index (χ0) is 14.7. The van der Waals surface area contributed by atoms with Gasteiger partial charge >= 0.3 is 12.0 Å². The third-order valence-corrected chi connectivity index (χ3v) is 6.45. The number of carbonyl (C=O) groups excluding carboxylic acids is 1. The Hall–Kier alpha value is -1.30. The SMILES string of the molecule is O=C1N2CCNC[C@H]2CN1C12CCC(C(=O)O)(CC1)CC2. The molecule has 2 amide bonds. The van der Waals surface area contributed by atoms with Crippen LogP contribution in [0.15, 0.2) is 0 Å². The topological polar surface area (TPSA) is 72.9 Å². The first-order valence-corrected chi connectivity index (χ1v) is 8.09. The molecule has 1 atom stereocenters. The standard InChI is InChI=1S/C15H23N3O3/c19-12(20)14-1-4-15(5-2-14,6-3-14)18-10-11-9-16-7-8-17(11)13(18)21/h11,16H,1-10H2,(H,19,20)/t11-,14?,15?/m0/s1. The molecular formula is C15H23N3O3. The minimum atomic E-state index is -0.634. The number of nitrogens with zero attached hydrogens (tertiary/aromatic N) is 2. The molecule has 3 saturated carbocycles. The normalized spacial score (nSPS) is 42.3. The van der Waals surface area contributed by atoms with Gasteiger partial charge in [0.15, 0.2) is 0 Å². The molecule has 2 saturated heterocycles. The lowest BCUT2D eigenvalue weighted by atomic mass is 9.57. The van der Waals surface area contributed by atoms with Crippen LogP contribution in [-0.2, 0) is 4.79 Å². The van der Waals surface area contributed by atoms with Gasteiger partial charge < -0.3 is 20.2 Å². The van der Waals surface area contributed by atoms with Crippen molar-refractivity contribution in [2.45, 2.75) is 50.1 Å². The molecular weight excluding hydrogens is 270 g/mol. The Morgan fingerprint density at radius 2 is 1.86 bits per heavy atom. The van der Waals surface area contributed by atoms with E-state index in [0.717, 1.165) is 64.7 Å². The van der Waals surface area contributed by atoms with Crippen molar-refractivity contribution < 1.29 is 14.7 Å². The molecule has 5 fully saturated rings. The zero-order valence-corrected chi connectivity index (χ0v) is 12.3. The van der Waals surface area contributed by atoms with Crippen LogP contribution in [0.25, 0.3) is 0 Å². The number of carboxylic acids is 1. The molecule has 2 N–H and O–H groups in total. The van der Waals surface area contributed by atoms with Crippen LogP contribution in [0, 0.1) is 5.41 Å². The number of aliphatic carboxylic acids is 1. The lowest BCUT2D eigenvalue weighted by Gasteiger charge is -2.54. The summed E-state index contributed by atoms with van der Waals surface area (Å²) in [6.07, 6.45) is 4.77. The lowest BCUT2D eigenvalue weighted by molar-refractivity contribution is -0.158. The van der Waals surface area contributed by atoms with E-state index in [4.69, 9.17) is 0 Å². The molecule has 0 aromatic rings. The molecule has 21 heavy (non-hydrogen) atoms. The molecule has 5 rings (SSSR count). The van der Waals surface area contributed by atoms with Crippen molar-refractivity contribution in [1.29, 1.82) is 0 Å². The summed E-state index contributed by atoms with van der Waals surface area (Å²) in [6.45, 7) is 3.38. The molecule has 6 heteroatoms. The number of rotatable bonds is 2. The molecule has 0 spiro atoms. The third-order valence-electron chi connectivity index (χ3n) is 6.45. The Morgan fingerprint density at radius 3 is 2.43 bits per heavy atom. The zero-order valence-electron chi connectivity index (χ0n) is 12.3. The lowest BCUT2D eigenvalue weighted by Crippen LogP contribution is -2.59. The molecule has 5 aliphatic rings. The fraction of sp³-hybridized carbons (Fsp3) is 0.867. The van der Waals surface area contributed by atoms with Crippen molar-refractivity contribution >= 4 is 12.0 Å². The first-order chi connectivity index (χ1) is 10.1. The van der Waals surface area contributed by atoms with Crippen LogP contribution in [0.4, 0.5) is 4.79 Å². The summed E-state index contributed by atoms with van der Waals surface area (Å²) < 4.78 is 0. The number of urea groups is 1. The summed E-state index contributed by atoms with van der Waals surface area (Å²) in [4.78, 5) is 28.4. The highest BCUT2D eigenvalue weighted by Gasteiger charge is 2.58. The number of piperazine rings is 1. The van der Waals surface area contributed by atoms with Crippen LogP contribution in [0.1, 0.15) is 38.5 Å².